The van der Waals surface area contributed by atoms with E-state index in [9.17, 15) is 4.79 Å². The van der Waals surface area contributed by atoms with Gasteiger partial charge in [0.15, 0.2) is 0 Å². The summed E-state index contributed by atoms with van der Waals surface area (Å²) >= 11 is 0. The number of ether oxygens (including phenoxy) is 1. The maximum atomic E-state index is 13.0. The monoisotopic (exact) mass is 380 g/mol. The summed E-state index contributed by atoms with van der Waals surface area (Å²) in [5.74, 6) is 0.820. The molecule has 0 aromatic heterocycles. The molecule has 148 valence electrons. The van der Waals surface area contributed by atoms with Gasteiger partial charge in [-0.2, -0.15) is 0 Å². The highest BCUT2D eigenvalue weighted by Crippen LogP contribution is 2.29. The van der Waals surface area contributed by atoms with Crippen LogP contribution in [0.15, 0.2) is 48.5 Å². The number of nitrogens with zero attached hydrogens (tertiary/aromatic N) is 3. The molecule has 4 rings (SSSR count). The van der Waals surface area contributed by atoms with E-state index in [1.807, 2.05) is 53.4 Å². The summed E-state index contributed by atoms with van der Waals surface area (Å²) in [5.41, 5.74) is 2.89. The molecular formula is C22H28N4O2. The Morgan fingerprint density at radius 1 is 1.00 bits per heavy atom. The Morgan fingerprint density at radius 3 is 2.54 bits per heavy atom. The van der Waals surface area contributed by atoms with E-state index in [-0.39, 0.29) is 6.03 Å². The van der Waals surface area contributed by atoms with Gasteiger partial charge in [-0.3, -0.25) is 4.90 Å². The zero-order valence-corrected chi connectivity index (χ0v) is 16.6. The lowest BCUT2D eigenvalue weighted by Gasteiger charge is -2.46. The number of fused-ring (bicyclic) bond motifs is 1. The van der Waals surface area contributed by atoms with Crippen LogP contribution in [0.25, 0.3) is 11.1 Å². The molecule has 1 atom stereocenters. The van der Waals surface area contributed by atoms with Gasteiger partial charge in [0.1, 0.15) is 5.75 Å². The molecule has 2 saturated heterocycles. The van der Waals surface area contributed by atoms with Gasteiger partial charge in [0.05, 0.1) is 12.8 Å². The largest absolute Gasteiger partial charge is 0.497 e. The van der Waals surface area contributed by atoms with Crippen molar-refractivity contribution in [1.82, 2.24) is 14.7 Å². The first-order valence-corrected chi connectivity index (χ1v) is 9.86. The van der Waals surface area contributed by atoms with Crippen molar-refractivity contribution in [1.29, 1.82) is 0 Å². The van der Waals surface area contributed by atoms with Crippen molar-refractivity contribution in [2.75, 3.05) is 58.7 Å². The third kappa shape index (κ3) is 3.98. The predicted octanol–water partition coefficient (Wildman–Crippen LogP) is 2.83. The van der Waals surface area contributed by atoms with E-state index >= 15 is 0 Å². The zero-order valence-electron chi connectivity index (χ0n) is 16.6. The van der Waals surface area contributed by atoms with E-state index < -0.39 is 0 Å². The summed E-state index contributed by atoms with van der Waals surface area (Å²) in [7, 11) is 3.81. The Hall–Kier alpha value is -2.57. The average Bonchev–Trinajstić information content (AvgIpc) is 2.73. The van der Waals surface area contributed by atoms with Gasteiger partial charge in [-0.15, -0.1) is 0 Å². The number of carbonyl (C=O) groups excluding carboxylic acids is 1. The van der Waals surface area contributed by atoms with E-state index in [4.69, 9.17) is 4.74 Å². The van der Waals surface area contributed by atoms with Crippen LogP contribution in [0.2, 0.25) is 0 Å². The van der Waals surface area contributed by atoms with Gasteiger partial charge in [-0.1, -0.05) is 30.3 Å². The second-order valence-corrected chi connectivity index (χ2v) is 7.60. The van der Waals surface area contributed by atoms with Gasteiger partial charge in [-0.05, 0) is 30.8 Å². The number of benzene rings is 2. The predicted molar refractivity (Wildman–Crippen MR) is 112 cm³/mol. The summed E-state index contributed by atoms with van der Waals surface area (Å²) < 4.78 is 5.25. The molecule has 2 aliphatic rings. The number of carbonyl (C=O) groups is 1. The van der Waals surface area contributed by atoms with Crippen LogP contribution >= 0.6 is 0 Å². The molecule has 0 unspecified atom stereocenters. The number of nitrogens with one attached hydrogen (secondary N) is 1. The van der Waals surface area contributed by atoms with Crippen molar-refractivity contribution in [3.05, 3.63) is 48.5 Å². The van der Waals surface area contributed by atoms with Gasteiger partial charge >= 0.3 is 6.03 Å². The topological polar surface area (TPSA) is 48.1 Å². The standard InChI is InChI=1S/C22H28N4O2/c1-24-11-12-25-13-14-26(16-18(25)15-24)22(27)23-21-6-4-3-5-20(21)17-7-9-19(28-2)10-8-17/h3-10,18H,11-16H2,1-2H3,(H,23,27)/t18-/m1/s1. The molecule has 2 fully saturated rings. The highest BCUT2D eigenvalue weighted by molar-refractivity contribution is 5.94. The Bertz CT molecular complexity index is 824. The number of piperazine rings is 2. The lowest BCUT2D eigenvalue weighted by atomic mass is 10.0. The van der Waals surface area contributed by atoms with Crippen molar-refractivity contribution in [3.8, 4) is 16.9 Å². The van der Waals surface area contributed by atoms with Crippen LogP contribution in [-0.4, -0.2) is 80.2 Å². The number of likely N-dealkylation sites (N-methyl/N-ethyl adjacent to an activating group) is 1. The van der Waals surface area contributed by atoms with Crippen molar-refractivity contribution < 1.29 is 9.53 Å². The lowest BCUT2D eigenvalue weighted by molar-refractivity contribution is 0.0353. The molecule has 2 heterocycles. The smallest absolute Gasteiger partial charge is 0.321 e. The van der Waals surface area contributed by atoms with Crippen molar-refractivity contribution in [2.24, 2.45) is 0 Å². The molecule has 2 aliphatic heterocycles. The van der Waals surface area contributed by atoms with Gasteiger partial charge in [0.25, 0.3) is 0 Å². The molecule has 0 bridgehead atoms. The summed E-state index contributed by atoms with van der Waals surface area (Å²) in [4.78, 5) is 19.8. The summed E-state index contributed by atoms with van der Waals surface area (Å²) in [6, 6.07) is 16.3. The zero-order chi connectivity index (χ0) is 19.5. The van der Waals surface area contributed by atoms with E-state index in [2.05, 4.69) is 22.2 Å². The number of methoxy groups -OCH3 is 1. The number of anilines is 1. The normalized spacial score (nSPS) is 20.5. The molecule has 2 amide bonds. The molecular weight excluding hydrogens is 352 g/mol. The molecule has 0 spiro atoms. The molecule has 0 saturated carbocycles. The summed E-state index contributed by atoms with van der Waals surface area (Å²) in [6.45, 7) is 5.73. The minimum absolute atomic E-state index is 0.0196. The van der Waals surface area contributed by atoms with Gasteiger partial charge in [0.2, 0.25) is 0 Å². The van der Waals surface area contributed by atoms with Crippen LogP contribution in [-0.2, 0) is 0 Å². The minimum atomic E-state index is -0.0196. The Morgan fingerprint density at radius 2 is 1.75 bits per heavy atom. The Kier molecular flexibility index (Phi) is 5.50. The van der Waals surface area contributed by atoms with E-state index in [0.29, 0.717) is 6.04 Å². The van der Waals surface area contributed by atoms with Gasteiger partial charge in [0, 0.05) is 50.9 Å². The molecule has 2 aromatic carbocycles. The molecule has 6 heteroatoms. The fraction of sp³-hybridized carbons (Fsp3) is 0.409. The minimum Gasteiger partial charge on any atom is -0.497 e. The number of para-hydroxylation sites is 1. The van der Waals surface area contributed by atoms with E-state index in [1.54, 1.807) is 7.11 Å². The number of hydrogen-bond donors (Lipinski definition) is 1. The van der Waals surface area contributed by atoms with Crippen LogP contribution in [0.3, 0.4) is 0 Å². The fourth-order valence-corrected chi connectivity index (χ4v) is 4.10. The van der Waals surface area contributed by atoms with Crippen LogP contribution in [0.1, 0.15) is 0 Å². The summed E-state index contributed by atoms with van der Waals surface area (Å²) in [6.07, 6.45) is 0. The number of hydrogen-bond acceptors (Lipinski definition) is 4. The molecule has 0 aliphatic carbocycles. The van der Waals surface area contributed by atoms with Crippen LogP contribution in [0, 0.1) is 0 Å². The molecule has 28 heavy (non-hydrogen) atoms. The molecule has 2 aromatic rings. The first-order chi connectivity index (χ1) is 13.6. The Labute approximate surface area is 166 Å². The molecule has 6 nitrogen and oxygen atoms in total. The number of rotatable bonds is 3. The Balaban J connectivity index is 1.47. The average molecular weight is 380 g/mol. The van der Waals surface area contributed by atoms with Crippen molar-refractivity contribution in [3.63, 3.8) is 0 Å². The lowest BCUT2D eigenvalue weighted by Crippen LogP contribution is -2.62. The van der Waals surface area contributed by atoms with Crippen LogP contribution < -0.4 is 10.1 Å². The van der Waals surface area contributed by atoms with Gasteiger partial charge < -0.3 is 19.9 Å². The highest BCUT2D eigenvalue weighted by atomic mass is 16.5. The third-order valence-electron chi connectivity index (χ3n) is 5.75. The maximum absolute atomic E-state index is 13.0. The number of amides is 2. The third-order valence-corrected chi connectivity index (χ3v) is 5.75. The molecule has 1 N–H and O–H groups in total. The van der Waals surface area contributed by atoms with Gasteiger partial charge in [-0.25, -0.2) is 4.79 Å². The summed E-state index contributed by atoms with van der Waals surface area (Å²) in [5, 5.41) is 3.14. The second-order valence-electron chi connectivity index (χ2n) is 7.60. The molecule has 0 radical (unpaired) electrons. The first-order valence-electron chi connectivity index (χ1n) is 9.86. The van der Waals surface area contributed by atoms with Crippen LogP contribution in [0.5, 0.6) is 5.75 Å². The van der Waals surface area contributed by atoms with Crippen molar-refractivity contribution in [2.45, 2.75) is 6.04 Å². The first kappa shape index (κ1) is 18.8. The van der Waals surface area contributed by atoms with E-state index in [0.717, 1.165) is 61.8 Å². The SMILES string of the molecule is COc1ccc(-c2ccccc2NC(=O)N2CCN3CCN(C)C[C@@H]3C2)cc1. The maximum Gasteiger partial charge on any atom is 0.321 e. The highest BCUT2D eigenvalue weighted by Gasteiger charge is 2.32. The quantitative estimate of drug-likeness (QED) is 0.890. The van der Waals surface area contributed by atoms with Crippen molar-refractivity contribution >= 4 is 11.7 Å². The number of urea groups is 1. The second kappa shape index (κ2) is 8.20. The fourth-order valence-electron chi connectivity index (χ4n) is 4.10. The van der Waals surface area contributed by atoms with E-state index in [1.165, 1.54) is 0 Å². The van der Waals surface area contributed by atoms with Crippen LogP contribution in [0.4, 0.5) is 10.5 Å².